The lowest BCUT2D eigenvalue weighted by Gasteiger charge is -2.20. The zero-order chi connectivity index (χ0) is 13.9. The first-order chi connectivity index (χ1) is 9.05. The highest BCUT2D eigenvalue weighted by Crippen LogP contribution is 2.19. The standard InChI is InChI=1S/C11H20N4O3S/c1-12-6-9-7-13-14-11(9)19(16,17)15(2)8-10-4-3-5-18-10/h7,10,12H,3-6,8H2,1-2H3,(H,13,14). The van der Waals surface area contributed by atoms with Gasteiger partial charge in [0.2, 0.25) is 0 Å². The van der Waals surface area contributed by atoms with Gasteiger partial charge in [-0.1, -0.05) is 0 Å². The Kier molecular flexibility index (Phi) is 4.56. The van der Waals surface area contributed by atoms with E-state index in [-0.39, 0.29) is 11.1 Å². The number of H-pyrrole nitrogens is 1. The van der Waals surface area contributed by atoms with Crippen LogP contribution in [0.1, 0.15) is 18.4 Å². The van der Waals surface area contributed by atoms with Crippen molar-refractivity contribution in [3.05, 3.63) is 11.8 Å². The first kappa shape index (κ1) is 14.4. The maximum Gasteiger partial charge on any atom is 0.260 e. The van der Waals surface area contributed by atoms with E-state index in [0.29, 0.717) is 25.3 Å². The van der Waals surface area contributed by atoms with Crippen molar-refractivity contribution >= 4 is 10.0 Å². The summed E-state index contributed by atoms with van der Waals surface area (Å²) in [5.41, 5.74) is 0.640. The van der Waals surface area contributed by atoms with Crippen molar-refractivity contribution in [3.8, 4) is 0 Å². The van der Waals surface area contributed by atoms with Crippen molar-refractivity contribution in [1.29, 1.82) is 0 Å². The number of aromatic amines is 1. The summed E-state index contributed by atoms with van der Waals surface area (Å²) in [6.45, 7) is 1.55. The number of sulfonamides is 1. The van der Waals surface area contributed by atoms with Crippen LogP contribution in [-0.4, -0.2) is 56.3 Å². The minimum Gasteiger partial charge on any atom is -0.377 e. The number of hydrogen-bond donors (Lipinski definition) is 2. The highest BCUT2D eigenvalue weighted by atomic mass is 32.2. The van der Waals surface area contributed by atoms with Gasteiger partial charge in [-0.2, -0.15) is 9.40 Å². The third-order valence-electron chi connectivity index (χ3n) is 3.20. The summed E-state index contributed by atoms with van der Waals surface area (Å²) in [5.74, 6) is 0. The van der Waals surface area contributed by atoms with Crippen molar-refractivity contribution in [1.82, 2.24) is 19.8 Å². The van der Waals surface area contributed by atoms with E-state index in [1.54, 1.807) is 14.1 Å². The Morgan fingerprint density at radius 1 is 1.63 bits per heavy atom. The molecule has 0 spiro atoms. The van der Waals surface area contributed by atoms with Gasteiger partial charge in [-0.15, -0.1) is 0 Å². The molecule has 2 N–H and O–H groups in total. The second-order valence-electron chi connectivity index (χ2n) is 4.68. The maximum absolute atomic E-state index is 12.4. The van der Waals surface area contributed by atoms with E-state index >= 15 is 0 Å². The van der Waals surface area contributed by atoms with Crippen LogP contribution in [-0.2, 0) is 21.3 Å². The summed E-state index contributed by atoms with van der Waals surface area (Å²) in [6.07, 6.45) is 3.43. The van der Waals surface area contributed by atoms with Gasteiger partial charge in [-0.25, -0.2) is 8.42 Å². The van der Waals surface area contributed by atoms with Crippen LogP contribution in [0.4, 0.5) is 0 Å². The molecule has 1 aromatic rings. The zero-order valence-electron chi connectivity index (χ0n) is 11.2. The van der Waals surface area contributed by atoms with Crippen molar-refractivity contribution in [3.63, 3.8) is 0 Å². The van der Waals surface area contributed by atoms with Crippen LogP contribution in [0, 0.1) is 0 Å². The van der Waals surface area contributed by atoms with Gasteiger partial charge >= 0.3 is 0 Å². The lowest BCUT2D eigenvalue weighted by Crippen LogP contribution is -2.34. The first-order valence-corrected chi connectivity index (χ1v) is 7.74. The molecule has 2 rings (SSSR count). The topological polar surface area (TPSA) is 87.3 Å². The van der Waals surface area contributed by atoms with Crippen LogP contribution in [0.25, 0.3) is 0 Å². The third kappa shape index (κ3) is 3.14. The lowest BCUT2D eigenvalue weighted by molar-refractivity contribution is 0.0978. The van der Waals surface area contributed by atoms with Gasteiger partial charge in [0.1, 0.15) is 0 Å². The Morgan fingerprint density at radius 3 is 3.05 bits per heavy atom. The number of aromatic nitrogens is 2. The van der Waals surface area contributed by atoms with Crippen molar-refractivity contribution < 1.29 is 13.2 Å². The average Bonchev–Trinajstić information content (AvgIpc) is 3.00. The van der Waals surface area contributed by atoms with Gasteiger partial charge < -0.3 is 10.1 Å². The summed E-state index contributed by atoms with van der Waals surface area (Å²) in [4.78, 5) is 0. The lowest BCUT2D eigenvalue weighted by atomic mass is 10.2. The SMILES string of the molecule is CNCc1cn[nH]c1S(=O)(=O)N(C)CC1CCCO1. The largest absolute Gasteiger partial charge is 0.377 e. The molecule has 1 aliphatic rings. The maximum atomic E-state index is 12.4. The molecule has 0 amide bonds. The molecule has 1 aromatic heterocycles. The van der Waals surface area contributed by atoms with Crippen LogP contribution in [0.2, 0.25) is 0 Å². The van der Waals surface area contributed by atoms with E-state index in [1.165, 1.54) is 10.5 Å². The molecule has 8 heteroatoms. The van der Waals surface area contributed by atoms with Crippen LogP contribution in [0.5, 0.6) is 0 Å². The number of hydrogen-bond acceptors (Lipinski definition) is 5. The summed E-state index contributed by atoms with van der Waals surface area (Å²) >= 11 is 0. The third-order valence-corrected chi connectivity index (χ3v) is 5.04. The number of ether oxygens (including phenoxy) is 1. The predicted molar refractivity (Wildman–Crippen MR) is 70.1 cm³/mol. The van der Waals surface area contributed by atoms with Gasteiger partial charge in [0, 0.05) is 32.3 Å². The molecule has 1 fully saturated rings. The number of likely N-dealkylation sites (N-methyl/N-ethyl adjacent to an activating group) is 1. The van der Waals surface area contributed by atoms with Gasteiger partial charge in [-0.05, 0) is 19.9 Å². The molecule has 0 aromatic carbocycles. The molecule has 1 aliphatic heterocycles. The normalized spacial score (nSPS) is 20.3. The second kappa shape index (κ2) is 6.00. The van der Waals surface area contributed by atoms with E-state index in [0.717, 1.165) is 12.8 Å². The molecular weight excluding hydrogens is 268 g/mol. The number of nitrogens with one attached hydrogen (secondary N) is 2. The zero-order valence-corrected chi connectivity index (χ0v) is 12.0. The van der Waals surface area contributed by atoms with E-state index in [2.05, 4.69) is 15.5 Å². The van der Waals surface area contributed by atoms with Crippen LogP contribution < -0.4 is 5.32 Å². The number of nitrogens with zero attached hydrogens (tertiary/aromatic N) is 2. The van der Waals surface area contributed by atoms with Crippen molar-refractivity contribution in [2.45, 2.75) is 30.5 Å². The molecule has 1 atom stereocenters. The summed E-state index contributed by atoms with van der Waals surface area (Å²) in [5, 5.41) is 9.48. The van der Waals surface area contributed by atoms with E-state index in [4.69, 9.17) is 4.74 Å². The quantitative estimate of drug-likeness (QED) is 0.765. The fourth-order valence-corrected chi connectivity index (χ4v) is 3.47. The van der Waals surface area contributed by atoms with E-state index in [1.807, 2.05) is 0 Å². The summed E-state index contributed by atoms with van der Waals surface area (Å²) in [7, 11) is -0.207. The monoisotopic (exact) mass is 288 g/mol. The molecule has 7 nitrogen and oxygen atoms in total. The molecule has 1 saturated heterocycles. The Balaban J connectivity index is 2.13. The highest BCUT2D eigenvalue weighted by molar-refractivity contribution is 7.89. The van der Waals surface area contributed by atoms with Crippen molar-refractivity contribution in [2.24, 2.45) is 0 Å². The van der Waals surface area contributed by atoms with Gasteiger partial charge in [0.25, 0.3) is 10.0 Å². The number of rotatable bonds is 6. The van der Waals surface area contributed by atoms with Gasteiger partial charge in [0.05, 0.1) is 12.3 Å². The van der Waals surface area contributed by atoms with E-state index < -0.39 is 10.0 Å². The molecule has 0 bridgehead atoms. The molecule has 0 saturated carbocycles. The van der Waals surface area contributed by atoms with Gasteiger partial charge in [0.15, 0.2) is 5.03 Å². The molecule has 2 heterocycles. The highest BCUT2D eigenvalue weighted by Gasteiger charge is 2.29. The summed E-state index contributed by atoms with van der Waals surface area (Å²) < 4.78 is 31.7. The molecule has 19 heavy (non-hydrogen) atoms. The minimum atomic E-state index is -3.54. The molecule has 108 valence electrons. The molecule has 1 unspecified atom stereocenters. The fourth-order valence-electron chi connectivity index (χ4n) is 2.17. The molecular formula is C11H20N4O3S. The fraction of sp³-hybridized carbons (Fsp3) is 0.727. The van der Waals surface area contributed by atoms with Crippen LogP contribution in [0.3, 0.4) is 0 Å². The van der Waals surface area contributed by atoms with Crippen LogP contribution in [0.15, 0.2) is 11.2 Å². The predicted octanol–water partition coefficient (Wildman–Crippen LogP) is -0.0714. The first-order valence-electron chi connectivity index (χ1n) is 6.30. The summed E-state index contributed by atoms with van der Waals surface area (Å²) in [6, 6.07) is 0. The average molecular weight is 288 g/mol. The Morgan fingerprint density at radius 2 is 2.42 bits per heavy atom. The second-order valence-corrected chi connectivity index (χ2v) is 6.66. The Hall–Kier alpha value is -0.960. The molecule has 0 radical (unpaired) electrons. The van der Waals surface area contributed by atoms with Crippen LogP contribution >= 0.6 is 0 Å². The minimum absolute atomic E-state index is 0.00422. The molecule has 0 aliphatic carbocycles. The Labute approximate surface area is 113 Å². The van der Waals surface area contributed by atoms with E-state index in [9.17, 15) is 8.42 Å². The van der Waals surface area contributed by atoms with Gasteiger partial charge in [-0.3, -0.25) is 5.10 Å². The smallest absolute Gasteiger partial charge is 0.260 e. The van der Waals surface area contributed by atoms with Crippen molar-refractivity contribution in [2.75, 3.05) is 27.2 Å². The Bertz CT molecular complexity index is 508.